The van der Waals surface area contributed by atoms with Crippen molar-refractivity contribution in [1.82, 2.24) is 4.90 Å². The molecule has 1 fully saturated rings. The molecule has 0 aliphatic carbocycles. The molecule has 0 bridgehead atoms. The van der Waals surface area contributed by atoms with Crippen LogP contribution in [0, 0.1) is 0 Å². The summed E-state index contributed by atoms with van der Waals surface area (Å²) in [6.07, 6.45) is 2.72. The highest BCUT2D eigenvalue weighted by molar-refractivity contribution is 9.10. The number of hydrogen-bond donors (Lipinski definition) is 0. The van der Waals surface area contributed by atoms with E-state index in [1.165, 1.54) is 31.5 Å². The van der Waals surface area contributed by atoms with Crippen LogP contribution in [0.3, 0.4) is 0 Å². The molecule has 76 valence electrons. The molecule has 1 aliphatic heterocycles. The predicted molar refractivity (Wildman–Crippen MR) is 63.4 cm³/mol. The van der Waals surface area contributed by atoms with E-state index in [4.69, 9.17) is 0 Å². The van der Waals surface area contributed by atoms with Gasteiger partial charge >= 0.3 is 0 Å². The largest absolute Gasteiger partial charge is 0.297 e. The molecule has 1 aromatic carbocycles. The Hall–Kier alpha value is -0.340. The summed E-state index contributed by atoms with van der Waals surface area (Å²) in [5.41, 5.74) is 1.43. The Morgan fingerprint density at radius 1 is 1.14 bits per heavy atom. The van der Waals surface area contributed by atoms with Gasteiger partial charge in [-0.3, -0.25) is 4.90 Å². The lowest BCUT2D eigenvalue weighted by Gasteiger charge is -2.24. The van der Waals surface area contributed by atoms with Crippen molar-refractivity contribution in [2.75, 3.05) is 13.1 Å². The molecule has 1 atom stereocenters. The van der Waals surface area contributed by atoms with E-state index in [9.17, 15) is 0 Å². The summed E-state index contributed by atoms with van der Waals surface area (Å²) >= 11 is 3.46. The number of nitrogens with zero attached hydrogens (tertiary/aromatic N) is 1. The average Bonchev–Trinajstić information content (AvgIpc) is 2.71. The van der Waals surface area contributed by atoms with Crippen LogP contribution in [0.4, 0.5) is 0 Å². The summed E-state index contributed by atoms with van der Waals surface area (Å²) in [5.74, 6) is 0. The fourth-order valence-corrected chi connectivity index (χ4v) is 2.35. The Labute approximate surface area is 94.2 Å². The van der Waals surface area contributed by atoms with Crippen molar-refractivity contribution in [2.24, 2.45) is 0 Å². The van der Waals surface area contributed by atoms with Crippen molar-refractivity contribution in [3.63, 3.8) is 0 Å². The summed E-state index contributed by atoms with van der Waals surface area (Å²) in [5, 5.41) is 0. The van der Waals surface area contributed by atoms with Crippen molar-refractivity contribution in [3.05, 3.63) is 34.3 Å². The monoisotopic (exact) mass is 253 g/mol. The van der Waals surface area contributed by atoms with Crippen molar-refractivity contribution < 1.29 is 0 Å². The Kier molecular flexibility index (Phi) is 3.24. The molecular formula is C12H16BrN. The van der Waals surface area contributed by atoms with Gasteiger partial charge in [0.25, 0.3) is 0 Å². The van der Waals surface area contributed by atoms with Gasteiger partial charge in [0.1, 0.15) is 0 Å². The normalized spacial score (nSPS) is 19.9. The minimum atomic E-state index is 0.575. The molecule has 1 nitrogen and oxygen atoms in total. The highest BCUT2D eigenvalue weighted by atomic mass is 79.9. The second-order valence-corrected chi connectivity index (χ2v) is 4.89. The molecule has 0 N–H and O–H groups in total. The third-order valence-corrected chi connectivity index (χ3v) is 3.57. The second kappa shape index (κ2) is 4.45. The van der Waals surface area contributed by atoms with E-state index in [0.29, 0.717) is 6.04 Å². The van der Waals surface area contributed by atoms with Crippen LogP contribution in [-0.4, -0.2) is 18.0 Å². The fraction of sp³-hybridized carbons (Fsp3) is 0.500. The third-order valence-electron chi connectivity index (χ3n) is 3.04. The molecule has 1 aromatic rings. The molecule has 1 heterocycles. The van der Waals surface area contributed by atoms with Gasteiger partial charge in [0.15, 0.2) is 0 Å². The first-order valence-corrected chi connectivity index (χ1v) is 6.06. The number of likely N-dealkylation sites (tertiary alicyclic amines) is 1. The highest BCUT2D eigenvalue weighted by Gasteiger charge is 2.18. The van der Waals surface area contributed by atoms with Gasteiger partial charge in [-0.05, 0) is 50.6 Å². The van der Waals surface area contributed by atoms with Crippen LogP contribution in [0.2, 0.25) is 0 Å². The molecule has 14 heavy (non-hydrogen) atoms. The molecule has 1 saturated heterocycles. The van der Waals surface area contributed by atoms with Crippen molar-refractivity contribution in [1.29, 1.82) is 0 Å². The summed E-state index contributed by atoms with van der Waals surface area (Å²) < 4.78 is 1.16. The van der Waals surface area contributed by atoms with Crippen molar-refractivity contribution >= 4 is 15.9 Å². The van der Waals surface area contributed by atoms with Gasteiger partial charge in [0, 0.05) is 10.5 Å². The van der Waals surface area contributed by atoms with Crippen LogP contribution < -0.4 is 0 Å². The van der Waals surface area contributed by atoms with Gasteiger partial charge < -0.3 is 0 Å². The third kappa shape index (κ3) is 2.18. The van der Waals surface area contributed by atoms with Crippen LogP contribution in [0.15, 0.2) is 28.7 Å². The lowest BCUT2D eigenvalue weighted by Crippen LogP contribution is -2.23. The Bertz CT molecular complexity index is 288. The van der Waals surface area contributed by atoms with Gasteiger partial charge in [0.05, 0.1) is 0 Å². The molecule has 1 aliphatic rings. The minimum Gasteiger partial charge on any atom is -0.297 e. The van der Waals surface area contributed by atoms with E-state index in [-0.39, 0.29) is 0 Å². The van der Waals surface area contributed by atoms with Crippen LogP contribution in [0.5, 0.6) is 0 Å². The summed E-state index contributed by atoms with van der Waals surface area (Å²) in [4.78, 5) is 2.56. The minimum absolute atomic E-state index is 0.575. The first-order chi connectivity index (χ1) is 6.77. The number of rotatable bonds is 2. The number of benzene rings is 1. The molecule has 0 amide bonds. The molecule has 0 aromatic heterocycles. The molecule has 0 unspecified atom stereocenters. The molecular weight excluding hydrogens is 238 g/mol. The Morgan fingerprint density at radius 2 is 1.71 bits per heavy atom. The predicted octanol–water partition coefficient (Wildman–Crippen LogP) is 3.61. The number of hydrogen-bond acceptors (Lipinski definition) is 1. The zero-order valence-corrected chi connectivity index (χ0v) is 10.1. The van der Waals surface area contributed by atoms with E-state index < -0.39 is 0 Å². The maximum Gasteiger partial charge on any atom is 0.0319 e. The molecule has 0 radical (unpaired) electrons. The summed E-state index contributed by atoms with van der Waals surface area (Å²) in [7, 11) is 0. The maximum absolute atomic E-state index is 3.46. The first kappa shape index (κ1) is 10.2. The lowest BCUT2D eigenvalue weighted by atomic mass is 10.1. The maximum atomic E-state index is 3.46. The smallest absolute Gasteiger partial charge is 0.0319 e. The fourth-order valence-electron chi connectivity index (χ4n) is 2.08. The molecule has 2 rings (SSSR count). The Morgan fingerprint density at radius 3 is 2.29 bits per heavy atom. The Balaban J connectivity index is 2.09. The standard InChI is InChI=1S/C12H16BrN/c1-10(14-8-2-3-9-14)11-4-6-12(13)7-5-11/h4-7,10H,2-3,8-9H2,1H3/t10-/m1/s1. The second-order valence-electron chi connectivity index (χ2n) is 3.97. The van der Waals surface area contributed by atoms with Crippen molar-refractivity contribution in [3.8, 4) is 0 Å². The SMILES string of the molecule is C[C@H](c1ccc(Br)cc1)N1CCCC1. The van der Waals surface area contributed by atoms with E-state index >= 15 is 0 Å². The topological polar surface area (TPSA) is 3.24 Å². The van der Waals surface area contributed by atoms with Gasteiger partial charge in [-0.15, -0.1) is 0 Å². The summed E-state index contributed by atoms with van der Waals surface area (Å²) in [6.45, 7) is 4.82. The zero-order chi connectivity index (χ0) is 9.97. The van der Waals surface area contributed by atoms with Crippen LogP contribution in [0.25, 0.3) is 0 Å². The quantitative estimate of drug-likeness (QED) is 0.779. The van der Waals surface area contributed by atoms with E-state index in [2.05, 4.69) is 52.0 Å². The van der Waals surface area contributed by atoms with Gasteiger partial charge in [-0.2, -0.15) is 0 Å². The van der Waals surface area contributed by atoms with Gasteiger partial charge in [-0.25, -0.2) is 0 Å². The molecule has 0 spiro atoms. The van der Waals surface area contributed by atoms with E-state index in [1.54, 1.807) is 0 Å². The first-order valence-electron chi connectivity index (χ1n) is 5.27. The van der Waals surface area contributed by atoms with Crippen LogP contribution in [-0.2, 0) is 0 Å². The van der Waals surface area contributed by atoms with Crippen molar-refractivity contribution in [2.45, 2.75) is 25.8 Å². The summed E-state index contributed by atoms with van der Waals surface area (Å²) in [6, 6.07) is 9.26. The average molecular weight is 254 g/mol. The zero-order valence-electron chi connectivity index (χ0n) is 8.54. The lowest BCUT2D eigenvalue weighted by molar-refractivity contribution is 0.263. The number of halogens is 1. The van der Waals surface area contributed by atoms with Crippen LogP contribution >= 0.6 is 15.9 Å². The molecule has 0 saturated carbocycles. The van der Waals surface area contributed by atoms with Gasteiger partial charge in [0.2, 0.25) is 0 Å². The van der Waals surface area contributed by atoms with Gasteiger partial charge in [-0.1, -0.05) is 28.1 Å². The molecule has 2 heteroatoms. The van der Waals surface area contributed by atoms with Crippen LogP contribution in [0.1, 0.15) is 31.4 Å². The van der Waals surface area contributed by atoms with E-state index in [1.807, 2.05) is 0 Å². The highest BCUT2D eigenvalue weighted by Crippen LogP contribution is 2.25. The van der Waals surface area contributed by atoms with E-state index in [0.717, 1.165) is 4.47 Å².